The van der Waals surface area contributed by atoms with Crippen LogP contribution in [0.4, 0.5) is 0 Å². The van der Waals surface area contributed by atoms with Crippen LogP contribution < -0.4 is 0 Å². The molecule has 0 N–H and O–H groups in total. The van der Waals surface area contributed by atoms with Gasteiger partial charge in [0, 0.05) is 16.9 Å². The van der Waals surface area contributed by atoms with Gasteiger partial charge in [0.05, 0.1) is 0 Å². The van der Waals surface area contributed by atoms with Crippen molar-refractivity contribution in [3.8, 4) is 11.1 Å². The zero-order chi connectivity index (χ0) is 11.7. The number of fused-ring (bicyclic) bond motifs is 1. The molecule has 2 heteroatoms. The molecule has 1 aromatic heterocycles. The molecule has 0 aliphatic rings. The average molecular weight is 284 g/mol. The van der Waals surface area contributed by atoms with Gasteiger partial charge in [0.15, 0.2) is 0 Å². The summed E-state index contributed by atoms with van der Waals surface area (Å²) in [5.74, 6) is 0. The van der Waals surface area contributed by atoms with Gasteiger partial charge in [-0.3, -0.25) is 4.98 Å². The zero-order valence-corrected chi connectivity index (χ0v) is 10.7. The monoisotopic (exact) mass is 283 g/mol. The summed E-state index contributed by atoms with van der Waals surface area (Å²) in [4.78, 5) is 4.09. The fraction of sp³-hybridized carbons (Fsp3) is 0. The smallest absolute Gasteiger partial charge is 0.0437 e. The molecular weight excluding hydrogens is 274 g/mol. The van der Waals surface area contributed by atoms with Gasteiger partial charge in [0.1, 0.15) is 0 Å². The van der Waals surface area contributed by atoms with Crippen molar-refractivity contribution in [3.63, 3.8) is 0 Å². The van der Waals surface area contributed by atoms with Crippen LogP contribution in [0.15, 0.2) is 65.4 Å². The Morgan fingerprint density at radius 2 is 1.71 bits per heavy atom. The van der Waals surface area contributed by atoms with Crippen molar-refractivity contribution in [2.45, 2.75) is 0 Å². The molecule has 0 saturated heterocycles. The lowest BCUT2D eigenvalue weighted by atomic mass is 10.0. The molecule has 0 aliphatic heterocycles. The maximum atomic E-state index is 4.09. The van der Waals surface area contributed by atoms with Gasteiger partial charge in [-0.1, -0.05) is 36.4 Å². The third-order valence-electron chi connectivity index (χ3n) is 2.83. The normalized spacial score (nSPS) is 10.6. The molecule has 0 fully saturated rings. The summed E-state index contributed by atoms with van der Waals surface area (Å²) in [6, 6.07) is 16.9. The van der Waals surface area contributed by atoms with Crippen LogP contribution in [0.2, 0.25) is 0 Å². The molecule has 0 saturated carbocycles. The Morgan fingerprint density at radius 3 is 2.53 bits per heavy atom. The number of rotatable bonds is 1. The van der Waals surface area contributed by atoms with Gasteiger partial charge in [-0.15, -0.1) is 0 Å². The summed E-state index contributed by atoms with van der Waals surface area (Å²) in [6.45, 7) is 0. The first kappa shape index (κ1) is 10.5. The fourth-order valence-corrected chi connectivity index (χ4v) is 2.45. The predicted octanol–water partition coefficient (Wildman–Crippen LogP) is 4.66. The van der Waals surface area contributed by atoms with Gasteiger partial charge in [-0.05, 0) is 50.0 Å². The van der Waals surface area contributed by atoms with Crippen LogP contribution in [0.3, 0.4) is 0 Å². The number of hydrogen-bond acceptors (Lipinski definition) is 1. The first-order valence-electron chi connectivity index (χ1n) is 5.43. The van der Waals surface area contributed by atoms with Crippen molar-refractivity contribution in [3.05, 3.63) is 65.4 Å². The first-order valence-corrected chi connectivity index (χ1v) is 6.22. The summed E-state index contributed by atoms with van der Waals surface area (Å²) in [7, 11) is 0. The molecule has 3 rings (SSSR count). The summed E-state index contributed by atoms with van der Waals surface area (Å²) >= 11 is 3.53. The van der Waals surface area contributed by atoms with Crippen LogP contribution in [0.1, 0.15) is 0 Å². The van der Waals surface area contributed by atoms with E-state index in [1.807, 2.05) is 18.5 Å². The van der Waals surface area contributed by atoms with E-state index < -0.39 is 0 Å². The summed E-state index contributed by atoms with van der Waals surface area (Å²) in [5, 5.41) is 2.52. The Morgan fingerprint density at radius 1 is 0.882 bits per heavy atom. The van der Waals surface area contributed by atoms with E-state index in [9.17, 15) is 0 Å². The van der Waals surface area contributed by atoms with E-state index >= 15 is 0 Å². The number of pyridine rings is 1. The zero-order valence-electron chi connectivity index (χ0n) is 9.10. The molecule has 0 amide bonds. The van der Waals surface area contributed by atoms with Crippen molar-refractivity contribution in [1.29, 1.82) is 0 Å². The van der Waals surface area contributed by atoms with E-state index in [1.54, 1.807) is 0 Å². The molecule has 0 unspecified atom stereocenters. The Bertz CT molecular complexity index is 676. The SMILES string of the molecule is Brc1cnccc1-c1ccc2ccccc2c1. The Kier molecular flexibility index (Phi) is 2.65. The van der Waals surface area contributed by atoms with Crippen molar-refractivity contribution in [2.75, 3.05) is 0 Å². The minimum Gasteiger partial charge on any atom is -0.264 e. The highest BCUT2D eigenvalue weighted by molar-refractivity contribution is 9.10. The van der Waals surface area contributed by atoms with Crippen LogP contribution in [0.25, 0.3) is 21.9 Å². The van der Waals surface area contributed by atoms with E-state index in [2.05, 4.69) is 63.4 Å². The van der Waals surface area contributed by atoms with Crippen molar-refractivity contribution >= 4 is 26.7 Å². The summed E-state index contributed by atoms with van der Waals surface area (Å²) in [5.41, 5.74) is 2.38. The van der Waals surface area contributed by atoms with Crippen molar-refractivity contribution in [2.24, 2.45) is 0 Å². The Balaban J connectivity index is 2.22. The summed E-state index contributed by atoms with van der Waals surface area (Å²) < 4.78 is 1.02. The summed E-state index contributed by atoms with van der Waals surface area (Å²) in [6.07, 6.45) is 3.64. The number of nitrogens with zero attached hydrogens (tertiary/aromatic N) is 1. The lowest BCUT2D eigenvalue weighted by Gasteiger charge is -2.05. The van der Waals surface area contributed by atoms with E-state index in [1.165, 1.54) is 21.9 Å². The first-order chi connectivity index (χ1) is 8.34. The minimum atomic E-state index is 1.02. The second kappa shape index (κ2) is 4.30. The quantitative estimate of drug-likeness (QED) is 0.633. The van der Waals surface area contributed by atoms with E-state index in [0.29, 0.717) is 0 Å². The number of aromatic nitrogens is 1. The molecule has 82 valence electrons. The molecule has 1 nitrogen and oxygen atoms in total. The molecule has 2 aromatic carbocycles. The van der Waals surface area contributed by atoms with Gasteiger partial charge in [0.25, 0.3) is 0 Å². The molecule has 17 heavy (non-hydrogen) atoms. The second-order valence-electron chi connectivity index (χ2n) is 3.92. The van der Waals surface area contributed by atoms with Crippen molar-refractivity contribution in [1.82, 2.24) is 4.98 Å². The number of hydrogen-bond donors (Lipinski definition) is 0. The molecule has 0 radical (unpaired) electrons. The van der Waals surface area contributed by atoms with Crippen LogP contribution in [0.5, 0.6) is 0 Å². The van der Waals surface area contributed by atoms with Gasteiger partial charge in [-0.25, -0.2) is 0 Å². The topological polar surface area (TPSA) is 12.9 Å². The highest BCUT2D eigenvalue weighted by atomic mass is 79.9. The van der Waals surface area contributed by atoms with Gasteiger partial charge < -0.3 is 0 Å². The Hall–Kier alpha value is -1.67. The van der Waals surface area contributed by atoms with Gasteiger partial charge >= 0.3 is 0 Å². The standard InChI is InChI=1S/C15H10BrN/c16-15-10-17-8-7-14(15)13-6-5-11-3-1-2-4-12(11)9-13/h1-10H. The second-order valence-corrected chi connectivity index (χ2v) is 4.77. The molecule has 0 atom stereocenters. The van der Waals surface area contributed by atoms with Crippen LogP contribution >= 0.6 is 15.9 Å². The maximum Gasteiger partial charge on any atom is 0.0437 e. The lowest BCUT2D eigenvalue weighted by Crippen LogP contribution is -1.82. The van der Waals surface area contributed by atoms with E-state index in [4.69, 9.17) is 0 Å². The van der Waals surface area contributed by atoms with Gasteiger partial charge in [0.2, 0.25) is 0 Å². The molecule has 3 aromatic rings. The maximum absolute atomic E-state index is 4.09. The highest BCUT2D eigenvalue weighted by Crippen LogP contribution is 2.29. The van der Waals surface area contributed by atoms with E-state index in [-0.39, 0.29) is 0 Å². The van der Waals surface area contributed by atoms with E-state index in [0.717, 1.165) is 4.47 Å². The fourth-order valence-electron chi connectivity index (χ4n) is 1.97. The lowest BCUT2D eigenvalue weighted by molar-refractivity contribution is 1.31. The number of halogens is 1. The number of benzene rings is 2. The minimum absolute atomic E-state index is 1.02. The van der Waals surface area contributed by atoms with Crippen molar-refractivity contribution < 1.29 is 0 Å². The van der Waals surface area contributed by atoms with Crippen LogP contribution in [-0.4, -0.2) is 4.98 Å². The third kappa shape index (κ3) is 1.96. The predicted molar refractivity (Wildman–Crippen MR) is 74.9 cm³/mol. The van der Waals surface area contributed by atoms with Crippen LogP contribution in [0, 0.1) is 0 Å². The van der Waals surface area contributed by atoms with Gasteiger partial charge in [-0.2, -0.15) is 0 Å². The Labute approximate surface area is 108 Å². The molecule has 1 heterocycles. The molecule has 0 spiro atoms. The largest absolute Gasteiger partial charge is 0.264 e. The van der Waals surface area contributed by atoms with Crippen LogP contribution in [-0.2, 0) is 0 Å². The molecule has 0 bridgehead atoms. The molecular formula is C15H10BrN. The average Bonchev–Trinajstić information content (AvgIpc) is 2.39. The molecule has 0 aliphatic carbocycles. The third-order valence-corrected chi connectivity index (χ3v) is 3.46. The highest BCUT2D eigenvalue weighted by Gasteiger charge is 2.03.